The molecule has 0 fully saturated rings. The fourth-order valence-corrected chi connectivity index (χ4v) is 3.70. The third-order valence-corrected chi connectivity index (χ3v) is 6.17. The Kier molecular flexibility index (Phi) is 6.63. The highest BCUT2D eigenvalue weighted by molar-refractivity contribution is 9.10. The summed E-state index contributed by atoms with van der Waals surface area (Å²) in [7, 11) is -3.19. The molecule has 0 heterocycles. The van der Waals surface area contributed by atoms with Gasteiger partial charge in [0.05, 0.1) is 7.11 Å². The van der Waals surface area contributed by atoms with E-state index in [4.69, 9.17) is 4.74 Å². The zero-order valence-electron chi connectivity index (χ0n) is 11.6. The molecule has 0 aliphatic heterocycles. The average molecular weight is 384 g/mol. The zero-order valence-corrected chi connectivity index (χ0v) is 14.8. The van der Waals surface area contributed by atoms with Crippen LogP contribution < -0.4 is 9.46 Å². The minimum Gasteiger partial charge on any atom is -0.495 e. The Morgan fingerprint density at radius 1 is 1.45 bits per heavy atom. The van der Waals surface area contributed by atoms with Gasteiger partial charge >= 0.3 is 0 Å². The molecule has 0 aliphatic rings. The first kappa shape index (κ1) is 17.6. The molecule has 1 N–H and O–H groups in total. The molecule has 114 valence electrons. The molecule has 20 heavy (non-hydrogen) atoms. The fourth-order valence-electron chi connectivity index (χ4n) is 1.50. The number of methoxy groups -OCH3 is 1. The smallest absolute Gasteiger partial charge is 0.244 e. The third-order valence-electron chi connectivity index (χ3n) is 2.82. The number of rotatable bonds is 7. The Morgan fingerprint density at radius 3 is 2.65 bits per heavy atom. The second-order valence-corrected chi connectivity index (χ2v) is 8.74. The first-order valence-corrected chi connectivity index (χ1v) is 9.83. The van der Waals surface area contributed by atoms with E-state index in [2.05, 4.69) is 20.7 Å². The molecule has 0 bridgehead atoms. The summed E-state index contributed by atoms with van der Waals surface area (Å²) in [4.78, 5) is 0.0830. The van der Waals surface area contributed by atoms with Crippen LogP contribution in [0.1, 0.15) is 13.3 Å². The van der Waals surface area contributed by atoms with Crippen molar-refractivity contribution < 1.29 is 17.4 Å². The molecular weight excluding hydrogens is 366 g/mol. The fraction of sp³-hybridized carbons (Fsp3) is 0.500. The first-order chi connectivity index (χ1) is 9.27. The maximum atomic E-state index is 12.2. The van der Waals surface area contributed by atoms with E-state index in [9.17, 15) is 12.6 Å². The van der Waals surface area contributed by atoms with Gasteiger partial charge in [-0.1, -0.05) is 22.9 Å². The molecule has 8 heteroatoms. The minimum atomic E-state index is -3.65. The van der Waals surface area contributed by atoms with Crippen LogP contribution >= 0.6 is 15.9 Å². The van der Waals surface area contributed by atoms with Gasteiger partial charge in [-0.3, -0.25) is 4.21 Å². The summed E-state index contributed by atoms with van der Waals surface area (Å²) >= 11 is 3.24. The van der Waals surface area contributed by atoms with Gasteiger partial charge < -0.3 is 4.74 Å². The molecule has 1 aromatic carbocycles. The minimum absolute atomic E-state index is 0.0536. The van der Waals surface area contributed by atoms with Crippen LogP contribution in [0.4, 0.5) is 0 Å². The van der Waals surface area contributed by atoms with Crippen molar-refractivity contribution in [1.29, 1.82) is 0 Å². The number of ether oxygens (including phenoxy) is 1. The summed E-state index contributed by atoms with van der Waals surface area (Å²) in [6.45, 7) is 2.06. The van der Waals surface area contributed by atoms with Gasteiger partial charge in [-0.2, -0.15) is 0 Å². The summed E-state index contributed by atoms with van der Waals surface area (Å²) in [5.74, 6) is 0.285. The summed E-state index contributed by atoms with van der Waals surface area (Å²) < 4.78 is 43.9. The molecule has 0 spiro atoms. The van der Waals surface area contributed by atoms with Gasteiger partial charge in [-0.15, -0.1) is 0 Å². The molecule has 0 amide bonds. The molecule has 1 rings (SSSR count). The molecule has 0 aromatic heterocycles. The van der Waals surface area contributed by atoms with Crippen LogP contribution in [0.15, 0.2) is 27.6 Å². The lowest BCUT2D eigenvalue weighted by Crippen LogP contribution is -2.28. The van der Waals surface area contributed by atoms with E-state index in [0.29, 0.717) is 10.9 Å². The van der Waals surface area contributed by atoms with Crippen LogP contribution in [0.2, 0.25) is 0 Å². The van der Waals surface area contributed by atoms with Gasteiger partial charge in [0, 0.05) is 33.3 Å². The highest BCUT2D eigenvalue weighted by Crippen LogP contribution is 2.27. The second-order valence-electron chi connectivity index (χ2n) is 4.29. The second kappa shape index (κ2) is 7.53. The van der Waals surface area contributed by atoms with Crippen LogP contribution in [0, 0.1) is 0 Å². The van der Waals surface area contributed by atoms with Gasteiger partial charge in [0.1, 0.15) is 10.6 Å². The van der Waals surface area contributed by atoms with Crippen molar-refractivity contribution in [2.24, 2.45) is 0 Å². The largest absolute Gasteiger partial charge is 0.495 e. The highest BCUT2D eigenvalue weighted by atomic mass is 79.9. The highest BCUT2D eigenvalue weighted by Gasteiger charge is 2.20. The lowest BCUT2D eigenvalue weighted by atomic mass is 10.3. The number of hydrogen-bond acceptors (Lipinski definition) is 4. The molecule has 0 radical (unpaired) electrons. The van der Waals surface area contributed by atoms with E-state index in [1.807, 2.05) is 6.92 Å². The Hall–Kier alpha value is -0.440. The lowest BCUT2D eigenvalue weighted by molar-refractivity contribution is 0.402. The summed E-state index contributed by atoms with van der Waals surface area (Å²) in [6.07, 6.45) is 2.12. The van der Waals surface area contributed by atoms with Crippen LogP contribution in [0.3, 0.4) is 0 Å². The quantitative estimate of drug-likeness (QED) is 0.780. The number of benzene rings is 1. The number of halogens is 1. The SMILES string of the molecule is COc1ccc(Br)cc1S(=O)(=O)NCCC(C)S(C)=O. The third kappa shape index (κ3) is 4.83. The van der Waals surface area contributed by atoms with Crippen molar-refractivity contribution in [2.45, 2.75) is 23.5 Å². The van der Waals surface area contributed by atoms with E-state index in [1.165, 1.54) is 13.2 Å². The molecule has 0 saturated heterocycles. The number of hydrogen-bond donors (Lipinski definition) is 1. The number of nitrogens with one attached hydrogen (secondary N) is 1. The Labute approximate surface area is 130 Å². The molecule has 5 nitrogen and oxygen atoms in total. The van der Waals surface area contributed by atoms with Crippen LogP contribution in [-0.4, -0.2) is 37.8 Å². The van der Waals surface area contributed by atoms with Crippen molar-refractivity contribution in [3.63, 3.8) is 0 Å². The topological polar surface area (TPSA) is 72.5 Å². The standard InChI is InChI=1S/C12H18BrNO4S2/c1-9(19(3)15)6-7-14-20(16,17)12-8-10(13)4-5-11(12)18-2/h4-5,8-9,14H,6-7H2,1-3H3. The predicted molar refractivity (Wildman–Crippen MR) is 84.0 cm³/mol. The number of sulfonamides is 1. The van der Waals surface area contributed by atoms with Crippen molar-refractivity contribution in [3.8, 4) is 5.75 Å². The molecule has 1 aromatic rings. The van der Waals surface area contributed by atoms with Gasteiger partial charge in [-0.05, 0) is 24.6 Å². The molecular formula is C12H18BrNO4S2. The van der Waals surface area contributed by atoms with Crippen molar-refractivity contribution in [1.82, 2.24) is 4.72 Å². The van der Waals surface area contributed by atoms with E-state index < -0.39 is 20.8 Å². The van der Waals surface area contributed by atoms with Gasteiger partial charge in [0.15, 0.2) is 0 Å². The van der Waals surface area contributed by atoms with E-state index >= 15 is 0 Å². The predicted octanol–water partition coefficient (Wildman–Crippen LogP) is 1.89. The summed E-state index contributed by atoms with van der Waals surface area (Å²) in [5.41, 5.74) is 0. The summed E-state index contributed by atoms with van der Waals surface area (Å²) in [6, 6.07) is 4.78. The molecule has 0 aliphatic carbocycles. The Morgan fingerprint density at radius 2 is 2.10 bits per heavy atom. The maximum Gasteiger partial charge on any atom is 0.244 e. The van der Waals surface area contributed by atoms with Crippen LogP contribution in [-0.2, 0) is 20.8 Å². The van der Waals surface area contributed by atoms with Crippen molar-refractivity contribution >= 4 is 36.8 Å². The Bertz CT molecular complexity index is 589. The monoisotopic (exact) mass is 383 g/mol. The van der Waals surface area contributed by atoms with Gasteiger partial charge in [0.25, 0.3) is 0 Å². The summed E-state index contributed by atoms with van der Waals surface area (Å²) in [5, 5.41) is -0.0536. The maximum absolute atomic E-state index is 12.2. The molecule has 2 atom stereocenters. The average Bonchev–Trinajstić information content (AvgIpc) is 2.38. The molecule has 0 saturated carbocycles. The van der Waals surface area contributed by atoms with Crippen molar-refractivity contribution in [3.05, 3.63) is 22.7 Å². The van der Waals surface area contributed by atoms with Gasteiger partial charge in [0.2, 0.25) is 10.0 Å². The van der Waals surface area contributed by atoms with E-state index in [0.717, 1.165) is 0 Å². The lowest BCUT2D eigenvalue weighted by Gasteiger charge is -2.12. The van der Waals surface area contributed by atoms with E-state index in [1.54, 1.807) is 18.4 Å². The van der Waals surface area contributed by atoms with E-state index in [-0.39, 0.29) is 22.4 Å². The molecule has 2 unspecified atom stereocenters. The van der Waals surface area contributed by atoms with Crippen molar-refractivity contribution in [2.75, 3.05) is 19.9 Å². The van der Waals surface area contributed by atoms with Gasteiger partial charge in [-0.25, -0.2) is 13.1 Å². The van der Waals surface area contributed by atoms with Crippen LogP contribution in [0.5, 0.6) is 5.75 Å². The van der Waals surface area contributed by atoms with Crippen LogP contribution in [0.25, 0.3) is 0 Å². The first-order valence-electron chi connectivity index (χ1n) is 5.93. The normalized spacial score (nSPS) is 14.8. The zero-order chi connectivity index (χ0) is 15.3. The Balaban J connectivity index is 2.84.